The summed E-state index contributed by atoms with van der Waals surface area (Å²) in [5, 5.41) is 13.8. The molecule has 1 saturated heterocycles. The standard InChI is InChI=1S/C41H70N4O6/c1-14-27(6)38(44(12)41(50)32(25(2)3)23-34(46)37(26(4)5)43(10)11)35(51-13)24-36(47)45-22-18-21-33(45)28(7)29(8)40(49)42-30(9)39(48)31-19-16-15-17-20-31/h15-17,19-20,25-30,32-33,35,37-39,48H,14,18,21-24H2,1-13H3,(H,42,49)/t27-,28+,29+,30+,32-,33-,35+,37-,38-,39+/m0/s1. The molecule has 1 aromatic carbocycles. The smallest absolute Gasteiger partial charge is 0.226 e. The van der Waals surface area contributed by atoms with E-state index in [1.165, 1.54) is 0 Å². The third-order valence-electron chi connectivity index (χ3n) is 11.6. The maximum Gasteiger partial charge on any atom is 0.226 e. The third kappa shape index (κ3) is 11.6. The van der Waals surface area contributed by atoms with Gasteiger partial charge in [0.25, 0.3) is 0 Å². The van der Waals surface area contributed by atoms with Crippen LogP contribution in [0.3, 0.4) is 0 Å². The van der Waals surface area contributed by atoms with Gasteiger partial charge >= 0.3 is 0 Å². The van der Waals surface area contributed by atoms with Crippen molar-refractivity contribution >= 4 is 23.5 Å². The second kappa shape index (κ2) is 20.4. The van der Waals surface area contributed by atoms with E-state index in [1.54, 1.807) is 26.0 Å². The molecule has 0 saturated carbocycles. The number of aliphatic hydroxyl groups is 1. The van der Waals surface area contributed by atoms with Gasteiger partial charge in [0.2, 0.25) is 17.7 Å². The summed E-state index contributed by atoms with van der Waals surface area (Å²) < 4.78 is 6.04. The number of carbonyl (C=O) groups is 4. The van der Waals surface area contributed by atoms with Crippen molar-refractivity contribution in [3.63, 3.8) is 0 Å². The highest BCUT2D eigenvalue weighted by atomic mass is 16.5. The summed E-state index contributed by atoms with van der Waals surface area (Å²) in [6.07, 6.45) is 1.31. The van der Waals surface area contributed by atoms with Crippen LogP contribution >= 0.6 is 0 Å². The molecule has 0 aliphatic carbocycles. The van der Waals surface area contributed by atoms with Crippen LogP contribution in [-0.2, 0) is 23.9 Å². The SMILES string of the molecule is CC[C@H](C)[C@@H]([C@@H](CC(=O)N1CCC[C@H]1[C@H](C)[C@@H](C)C(=O)N[C@H](C)[C@@H](O)c1ccccc1)OC)N(C)C(=O)[C@@H](CC(=O)[C@H](C(C)C)N(C)C)C(C)C. The summed E-state index contributed by atoms with van der Waals surface area (Å²) in [5.41, 5.74) is 0.742. The molecule has 290 valence electrons. The molecule has 2 rings (SSSR count). The van der Waals surface area contributed by atoms with Crippen molar-refractivity contribution in [3.8, 4) is 0 Å². The van der Waals surface area contributed by atoms with Gasteiger partial charge in [-0.25, -0.2) is 0 Å². The number of rotatable bonds is 20. The van der Waals surface area contributed by atoms with Crippen LogP contribution in [-0.4, -0.2) is 108 Å². The highest BCUT2D eigenvalue weighted by molar-refractivity contribution is 5.90. The van der Waals surface area contributed by atoms with E-state index in [0.717, 1.165) is 24.8 Å². The lowest BCUT2D eigenvalue weighted by molar-refractivity contribution is -0.148. The number of nitrogens with one attached hydrogen (secondary N) is 1. The maximum absolute atomic E-state index is 14.2. The fourth-order valence-corrected chi connectivity index (χ4v) is 8.08. The van der Waals surface area contributed by atoms with Crippen LogP contribution in [0.2, 0.25) is 0 Å². The molecule has 0 radical (unpaired) electrons. The van der Waals surface area contributed by atoms with Crippen molar-refractivity contribution in [1.29, 1.82) is 0 Å². The van der Waals surface area contributed by atoms with E-state index < -0.39 is 24.2 Å². The Morgan fingerprint density at radius 2 is 1.55 bits per heavy atom. The highest BCUT2D eigenvalue weighted by Crippen LogP contribution is 2.32. The number of likely N-dealkylation sites (tertiary alicyclic amines) is 1. The fraction of sp³-hybridized carbons (Fsp3) is 0.756. The molecule has 10 heteroatoms. The Balaban J connectivity index is 2.21. The minimum absolute atomic E-state index is 0.0376. The number of hydrogen-bond acceptors (Lipinski definition) is 7. The Bertz CT molecular complexity index is 1250. The Morgan fingerprint density at radius 3 is 2.06 bits per heavy atom. The number of aliphatic hydroxyl groups excluding tert-OH is 1. The molecule has 2 N–H and O–H groups in total. The van der Waals surface area contributed by atoms with Gasteiger partial charge in [-0.15, -0.1) is 0 Å². The van der Waals surface area contributed by atoms with E-state index in [-0.39, 0.29) is 84.1 Å². The number of Topliss-reactive ketones (excluding diaryl/α,β-unsaturated/α-hetero) is 1. The molecule has 10 atom stereocenters. The van der Waals surface area contributed by atoms with Crippen LogP contribution in [0.15, 0.2) is 30.3 Å². The van der Waals surface area contributed by atoms with Crippen LogP contribution < -0.4 is 5.32 Å². The molecule has 3 amide bonds. The summed E-state index contributed by atoms with van der Waals surface area (Å²) in [6, 6.07) is 8.05. The van der Waals surface area contributed by atoms with Gasteiger partial charge in [-0.3, -0.25) is 24.1 Å². The van der Waals surface area contributed by atoms with E-state index in [4.69, 9.17) is 4.74 Å². The van der Waals surface area contributed by atoms with Crippen molar-refractivity contribution in [2.24, 2.45) is 35.5 Å². The van der Waals surface area contributed by atoms with Crippen molar-refractivity contribution in [1.82, 2.24) is 20.0 Å². The number of benzene rings is 1. The summed E-state index contributed by atoms with van der Waals surface area (Å²) in [6.45, 7) is 18.5. The molecule has 0 bridgehead atoms. The number of hydrogen-bond donors (Lipinski definition) is 2. The van der Waals surface area contributed by atoms with Crippen LogP contribution in [0.25, 0.3) is 0 Å². The Labute approximate surface area is 309 Å². The van der Waals surface area contributed by atoms with Gasteiger partial charge in [0.15, 0.2) is 5.78 Å². The van der Waals surface area contributed by atoms with Gasteiger partial charge in [0, 0.05) is 45.0 Å². The first kappa shape index (κ1) is 44.3. The number of ketones is 1. The van der Waals surface area contributed by atoms with Crippen LogP contribution in [0.4, 0.5) is 0 Å². The molecule has 1 aliphatic heterocycles. The highest BCUT2D eigenvalue weighted by Gasteiger charge is 2.42. The fourth-order valence-electron chi connectivity index (χ4n) is 8.08. The van der Waals surface area contributed by atoms with E-state index in [2.05, 4.69) is 19.2 Å². The number of ether oxygens (including phenoxy) is 1. The predicted octanol–water partition coefficient (Wildman–Crippen LogP) is 5.58. The number of carbonyl (C=O) groups excluding carboxylic acids is 4. The summed E-state index contributed by atoms with van der Waals surface area (Å²) >= 11 is 0. The van der Waals surface area contributed by atoms with Gasteiger partial charge < -0.3 is 25.0 Å². The molecule has 1 fully saturated rings. The monoisotopic (exact) mass is 715 g/mol. The van der Waals surface area contributed by atoms with E-state index in [0.29, 0.717) is 6.54 Å². The molecule has 0 spiro atoms. The number of nitrogens with zero attached hydrogens (tertiary/aromatic N) is 3. The quantitative estimate of drug-likeness (QED) is 0.181. The lowest BCUT2D eigenvalue weighted by Crippen LogP contribution is -2.54. The first-order chi connectivity index (χ1) is 23.9. The average Bonchev–Trinajstić information content (AvgIpc) is 3.58. The molecular weight excluding hydrogens is 644 g/mol. The van der Waals surface area contributed by atoms with Gasteiger partial charge in [0.1, 0.15) is 0 Å². The predicted molar refractivity (Wildman–Crippen MR) is 204 cm³/mol. The second-order valence-electron chi connectivity index (χ2n) is 16.1. The number of amides is 3. The van der Waals surface area contributed by atoms with Gasteiger partial charge in [0.05, 0.1) is 36.8 Å². The van der Waals surface area contributed by atoms with Gasteiger partial charge in [-0.05, 0) is 63.1 Å². The van der Waals surface area contributed by atoms with Crippen LogP contribution in [0, 0.1) is 35.5 Å². The van der Waals surface area contributed by atoms with Gasteiger partial charge in [-0.2, -0.15) is 0 Å². The van der Waals surface area contributed by atoms with E-state index in [1.807, 2.05) is 95.8 Å². The van der Waals surface area contributed by atoms with Crippen molar-refractivity contribution in [3.05, 3.63) is 35.9 Å². The maximum atomic E-state index is 14.2. The van der Waals surface area contributed by atoms with Crippen molar-refractivity contribution in [2.75, 3.05) is 34.8 Å². The normalized spacial score (nSPS) is 20.3. The topological polar surface area (TPSA) is 119 Å². The zero-order valence-corrected chi connectivity index (χ0v) is 33.9. The molecule has 1 aliphatic rings. The van der Waals surface area contributed by atoms with Crippen molar-refractivity contribution < 1.29 is 29.0 Å². The van der Waals surface area contributed by atoms with Crippen LogP contribution in [0.5, 0.6) is 0 Å². The molecule has 1 aromatic rings. The Hall–Kier alpha value is -2.82. The molecule has 1 heterocycles. The minimum Gasteiger partial charge on any atom is -0.386 e. The molecular formula is C41H70N4O6. The summed E-state index contributed by atoms with van der Waals surface area (Å²) in [4.78, 5) is 60.8. The Morgan fingerprint density at radius 1 is 0.941 bits per heavy atom. The molecule has 51 heavy (non-hydrogen) atoms. The number of methoxy groups -OCH3 is 1. The zero-order chi connectivity index (χ0) is 38.7. The number of likely N-dealkylation sites (N-methyl/N-ethyl adjacent to an activating group) is 2. The molecule has 0 unspecified atom stereocenters. The molecule has 10 nitrogen and oxygen atoms in total. The molecule has 0 aromatic heterocycles. The lowest BCUT2D eigenvalue weighted by Gasteiger charge is -2.41. The van der Waals surface area contributed by atoms with E-state index >= 15 is 0 Å². The van der Waals surface area contributed by atoms with Crippen LogP contribution in [0.1, 0.15) is 106 Å². The zero-order valence-electron chi connectivity index (χ0n) is 33.9. The first-order valence-electron chi connectivity index (χ1n) is 19.2. The first-order valence-corrected chi connectivity index (χ1v) is 19.2. The van der Waals surface area contributed by atoms with E-state index in [9.17, 15) is 24.3 Å². The van der Waals surface area contributed by atoms with Gasteiger partial charge in [-0.1, -0.05) is 92.1 Å². The lowest BCUT2D eigenvalue weighted by atomic mass is 9.83. The summed E-state index contributed by atoms with van der Waals surface area (Å²) in [7, 11) is 7.19. The van der Waals surface area contributed by atoms with Crippen molar-refractivity contribution in [2.45, 2.75) is 131 Å². The third-order valence-corrected chi connectivity index (χ3v) is 11.6. The Kier molecular flexibility index (Phi) is 17.8. The second-order valence-corrected chi connectivity index (χ2v) is 16.1. The average molecular weight is 715 g/mol. The summed E-state index contributed by atoms with van der Waals surface area (Å²) in [5.74, 6) is -1.12. The minimum atomic E-state index is -0.831. The largest absolute Gasteiger partial charge is 0.386 e.